The standard InChI is InChI=1S/C9H17N3/c1-8(10)6-12(2)7-9-4-3-5-11-9/h3-5,8,11H,6-7,10H2,1-2H3. The lowest BCUT2D eigenvalue weighted by atomic mass is 10.3. The van der Waals surface area contributed by atoms with Crippen molar-refractivity contribution in [2.45, 2.75) is 19.5 Å². The van der Waals surface area contributed by atoms with Crippen molar-refractivity contribution in [1.29, 1.82) is 0 Å². The van der Waals surface area contributed by atoms with Gasteiger partial charge in [0.05, 0.1) is 0 Å². The van der Waals surface area contributed by atoms with Crippen molar-refractivity contribution in [1.82, 2.24) is 9.88 Å². The molecule has 0 aliphatic heterocycles. The summed E-state index contributed by atoms with van der Waals surface area (Å²) in [7, 11) is 2.07. The summed E-state index contributed by atoms with van der Waals surface area (Å²) in [6.07, 6.45) is 1.94. The van der Waals surface area contributed by atoms with Gasteiger partial charge in [-0.1, -0.05) is 0 Å². The minimum Gasteiger partial charge on any atom is -0.364 e. The van der Waals surface area contributed by atoms with Crippen LogP contribution in [0.15, 0.2) is 18.3 Å². The summed E-state index contributed by atoms with van der Waals surface area (Å²) in [5.74, 6) is 0. The van der Waals surface area contributed by atoms with Crippen LogP contribution in [-0.4, -0.2) is 29.5 Å². The van der Waals surface area contributed by atoms with Gasteiger partial charge in [0.2, 0.25) is 0 Å². The molecule has 0 aliphatic rings. The molecule has 68 valence electrons. The largest absolute Gasteiger partial charge is 0.364 e. The summed E-state index contributed by atoms with van der Waals surface area (Å²) in [6, 6.07) is 4.33. The summed E-state index contributed by atoms with van der Waals surface area (Å²) < 4.78 is 0. The van der Waals surface area contributed by atoms with E-state index in [1.165, 1.54) is 5.69 Å². The van der Waals surface area contributed by atoms with Gasteiger partial charge in [0.25, 0.3) is 0 Å². The Morgan fingerprint density at radius 3 is 2.92 bits per heavy atom. The van der Waals surface area contributed by atoms with E-state index in [1.54, 1.807) is 0 Å². The number of hydrogen-bond acceptors (Lipinski definition) is 2. The summed E-state index contributed by atoms with van der Waals surface area (Å²) in [5.41, 5.74) is 6.90. The Morgan fingerprint density at radius 2 is 2.42 bits per heavy atom. The van der Waals surface area contributed by atoms with Crippen LogP contribution in [0.25, 0.3) is 0 Å². The van der Waals surface area contributed by atoms with Gasteiger partial charge in [0, 0.05) is 31.0 Å². The van der Waals surface area contributed by atoms with Crippen molar-refractivity contribution in [3.05, 3.63) is 24.0 Å². The van der Waals surface area contributed by atoms with Crippen molar-refractivity contribution >= 4 is 0 Å². The molecular formula is C9H17N3. The first-order chi connectivity index (χ1) is 5.68. The molecule has 0 radical (unpaired) electrons. The second kappa shape index (κ2) is 4.28. The van der Waals surface area contributed by atoms with Crippen molar-refractivity contribution in [3.63, 3.8) is 0 Å². The lowest BCUT2D eigenvalue weighted by molar-refractivity contribution is 0.307. The Kier molecular flexibility index (Phi) is 3.31. The first-order valence-electron chi connectivity index (χ1n) is 4.25. The minimum atomic E-state index is 0.241. The van der Waals surface area contributed by atoms with Crippen molar-refractivity contribution in [2.24, 2.45) is 5.73 Å². The molecule has 12 heavy (non-hydrogen) atoms. The summed E-state index contributed by atoms with van der Waals surface area (Å²) in [4.78, 5) is 5.36. The maximum Gasteiger partial charge on any atom is 0.0382 e. The van der Waals surface area contributed by atoms with E-state index in [0.717, 1.165) is 13.1 Å². The van der Waals surface area contributed by atoms with Crippen LogP contribution in [0.4, 0.5) is 0 Å². The van der Waals surface area contributed by atoms with Crippen LogP contribution in [0.5, 0.6) is 0 Å². The van der Waals surface area contributed by atoms with Gasteiger partial charge in [-0.3, -0.25) is 4.90 Å². The molecule has 1 aromatic heterocycles. The number of nitrogens with two attached hydrogens (primary N) is 1. The molecule has 0 spiro atoms. The van der Waals surface area contributed by atoms with Crippen LogP contribution < -0.4 is 5.73 Å². The monoisotopic (exact) mass is 167 g/mol. The van der Waals surface area contributed by atoms with Gasteiger partial charge in [0.1, 0.15) is 0 Å². The molecule has 1 unspecified atom stereocenters. The van der Waals surface area contributed by atoms with E-state index in [9.17, 15) is 0 Å². The van der Waals surface area contributed by atoms with E-state index in [2.05, 4.69) is 23.0 Å². The minimum absolute atomic E-state index is 0.241. The Hall–Kier alpha value is -0.800. The normalized spacial score (nSPS) is 13.7. The van der Waals surface area contributed by atoms with Crippen LogP contribution in [0.2, 0.25) is 0 Å². The predicted octanol–water partition coefficient (Wildman–Crippen LogP) is 0.794. The van der Waals surface area contributed by atoms with Gasteiger partial charge < -0.3 is 10.7 Å². The van der Waals surface area contributed by atoms with Gasteiger partial charge in [-0.2, -0.15) is 0 Å². The molecule has 1 atom stereocenters. The highest BCUT2D eigenvalue weighted by molar-refractivity contribution is 5.03. The number of H-pyrrole nitrogens is 1. The highest BCUT2D eigenvalue weighted by atomic mass is 15.1. The van der Waals surface area contributed by atoms with E-state index in [0.29, 0.717) is 0 Å². The maximum absolute atomic E-state index is 5.67. The van der Waals surface area contributed by atoms with E-state index < -0.39 is 0 Å². The topological polar surface area (TPSA) is 45.0 Å². The Labute approximate surface area is 73.6 Å². The summed E-state index contributed by atoms with van der Waals surface area (Å²) >= 11 is 0. The molecule has 3 N–H and O–H groups in total. The van der Waals surface area contributed by atoms with Crippen LogP contribution in [0, 0.1) is 0 Å². The molecule has 0 saturated carbocycles. The first-order valence-corrected chi connectivity index (χ1v) is 4.25. The number of nitrogens with zero attached hydrogens (tertiary/aromatic N) is 1. The Bertz CT molecular complexity index is 204. The molecule has 0 fully saturated rings. The van der Waals surface area contributed by atoms with Gasteiger partial charge in [0.15, 0.2) is 0 Å². The average molecular weight is 167 g/mol. The van der Waals surface area contributed by atoms with Crippen molar-refractivity contribution in [2.75, 3.05) is 13.6 Å². The highest BCUT2D eigenvalue weighted by Crippen LogP contribution is 1.99. The zero-order valence-corrected chi connectivity index (χ0v) is 7.75. The van der Waals surface area contributed by atoms with Gasteiger partial charge in [-0.15, -0.1) is 0 Å². The van der Waals surface area contributed by atoms with Crippen LogP contribution >= 0.6 is 0 Å². The summed E-state index contributed by atoms with van der Waals surface area (Å²) in [6.45, 7) is 3.89. The molecule has 3 heteroatoms. The third-order valence-electron chi connectivity index (χ3n) is 1.70. The zero-order chi connectivity index (χ0) is 8.97. The molecule has 0 bridgehead atoms. The lowest BCUT2D eigenvalue weighted by Crippen LogP contribution is -2.32. The van der Waals surface area contributed by atoms with Crippen molar-refractivity contribution < 1.29 is 0 Å². The third kappa shape index (κ3) is 3.07. The SMILES string of the molecule is CC(N)CN(C)Cc1ccc[nH]1. The highest BCUT2D eigenvalue weighted by Gasteiger charge is 2.02. The van der Waals surface area contributed by atoms with Crippen LogP contribution in [0.3, 0.4) is 0 Å². The maximum atomic E-state index is 5.67. The molecule has 0 aliphatic carbocycles. The molecule has 0 amide bonds. The second-order valence-corrected chi connectivity index (χ2v) is 3.37. The summed E-state index contributed by atoms with van der Waals surface area (Å²) in [5, 5.41) is 0. The molecule has 1 aromatic rings. The van der Waals surface area contributed by atoms with E-state index >= 15 is 0 Å². The molecule has 1 rings (SSSR count). The first kappa shape index (κ1) is 9.29. The third-order valence-corrected chi connectivity index (χ3v) is 1.70. The van der Waals surface area contributed by atoms with Gasteiger partial charge >= 0.3 is 0 Å². The number of aromatic amines is 1. The molecule has 1 heterocycles. The molecule has 0 saturated heterocycles. The van der Waals surface area contributed by atoms with E-state index in [4.69, 9.17) is 5.73 Å². The van der Waals surface area contributed by atoms with Gasteiger partial charge in [-0.25, -0.2) is 0 Å². The fourth-order valence-electron chi connectivity index (χ4n) is 1.31. The lowest BCUT2D eigenvalue weighted by Gasteiger charge is -2.17. The number of likely N-dealkylation sites (N-methyl/N-ethyl adjacent to an activating group) is 1. The quantitative estimate of drug-likeness (QED) is 0.696. The second-order valence-electron chi connectivity index (χ2n) is 3.37. The van der Waals surface area contributed by atoms with Crippen LogP contribution in [-0.2, 0) is 6.54 Å². The fraction of sp³-hybridized carbons (Fsp3) is 0.556. The van der Waals surface area contributed by atoms with Crippen molar-refractivity contribution in [3.8, 4) is 0 Å². The predicted molar refractivity (Wildman–Crippen MR) is 50.8 cm³/mol. The molecule has 0 aromatic carbocycles. The molecular weight excluding hydrogens is 150 g/mol. The Morgan fingerprint density at radius 1 is 1.67 bits per heavy atom. The van der Waals surface area contributed by atoms with Gasteiger partial charge in [-0.05, 0) is 26.1 Å². The number of hydrogen-bond donors (Lipinski definition) is 2. The molecule has 3 nitrogen and oxygen atoms in total. The average Bonchev–Trinajstić information content (AvgIpc) is 2.37. The van der Waals surface area contributed by atoms with E-state index in [1.807, 2.05) is 19.2 Å². The zero-order valence-electron chi connectivity index (χ0n) is 7.75. The number of rotatable bonds is 4. The fourth-order valence-corrected chi connectivity index (χ4v) is 1.31. The van der Waals surface area contributed by atoms with E-state index in [-0.39, 0.29) is 6.04 Å². The Balaban J connectivity index is 2.32. The number of aromatic nitrogens is 1. The number of nitrogens with one attached hydrogen (secondary N) is 1. The smallest absolute Gasteiger partial charge is 0.0382 e. The van der Waals surface area contributed by atoms with Crippen LogP contribution in [0.1, 0.15) is 12.6 Å².